The monoisotopic (exact) mass is 468 g/mol. The number of nitrogens with one attached hydrogen (secondary N) is 1. The fraction of sp³-hybridized carbons (Fsp3) is 0.812. The Bertz CT molecular complexity index is 487. The van der Waals surface area contributed by atoms with Crippen molar-refractivity contribution in [2.45, 2.75) is 58.7 Å². The minimum Gasteiger partial charge on any atom is -0.370 e. The summed E-state index contributed by atoms with van der Waals surface area (Å²) in [6, 6.07) is 0. The van der Waals surface area contributed by atoms with Crippen LogP contribution in [0.25, 0.3) is 0 Å². The van der Waals surface area contributed by atoms with E-state index >= 15 is 0 Å². The molecule has 0 bridgehead atoms. The molecule has 6 nitrogen and oxygen atoms in total. The fourth-order valence-electron chi connectivity index (χ4n) is 2.18. The van der Waals surface area contributed by atoms with Gasteiger partial charge in [-0.15, -0.1) is 34.2 Å². The average Bonchev–Trinajstić information content (AvgIpc) is 2.84. The van der Waals surface area contributed by atoms with E-state index in [-0.39, 0.29) is 24.0 Å². The summed E-state index contributed by atoms with van der Waals surface area (Å²) in [5, 5.41) is 12.7. The van der Waals surface area contributed by atoms with Gasteiger partial charge in [0, 0.05) is 26.1 Å². The molecule has 0 aliphatic rings. The Morgan fingerprint density at radius 2 is 1.96 bits per heavy atom. The first kappa shape index (κ1) is 23.5. The van der Waals surface area contributed by atoms with Crippen molar-refractivity contribution in [3.63, 3.8) is 0 Å². The van der Waals surface area contributed by atoms with Gasteiger partial charge in [0.1, 0.15) is 5.82 Å². The number of thioether (sulfide) groups is 1. The molecule has 1 aromatic heterocycles. The van der Waals surface area contributed by atoms with Crippen molar-refractivity contribution < 1.29 is 0 Å². The molecule has 0 amide bonds. The third kappa shape index (κ3) is 9.10. The highest BCUT2D eigenvalue weighted by atomic mass is 127. The third-order valence-corrected chi connectivity index (χ3v) is 4.06. The summed E-state index contributed by atoms with van der Waals surface area (Å²) in [7, 11) is 0. The van der Waals surface area contributed by atoms with Gasteiger partial charge >= 0.3 is 0 Å². The van der Waals surface area contributed by atoms with Gasteiger partial charge in [-0.25, -0.2) is 0 Å². The van der Waals surface area contributed by atoms with Gasteiger partial charge in [0.25, 0.3) is 0 Å². The van der Waals surface area contributed by atoms with E-state index in [2.05, 4.69) is 52.8 Å². The molecule has 0 aromatic carbocycles. The zero-order valence-corrected chi connectivity index (χ0v) is 18.7. The Kier molecular flexibility index (Phi) is 12.5. The van der Waals surface area contributed by atoms with Crippen LogP contribution in [0.3, 0.4) is 0 Å². The second kappa shape index (κ2) is 12.8. The van der Waals surface area contributed by atoms with E-state index in [1.165, 1.54) is 0 Å². The second-order valence-corrected chi connectivity index (χ2v) is 7.36. The van der Waals surface area contributed by atoms with Crippen LogP contribution in [0.2, 0.25) is 0 Å². The van der Waals surface area contributed by atoms with Gasteiger partial charge in [0.05, 0.1) is 0 Å². The lowest BCUT2D eigenvalue weighted by molar-refractivity contribution is 0.477. The molecule has 8 heteroatoms. The van der Waals surface area contributed by atoms with Crippen LogP contribution in [0.1, 0.15) is 46.4 Å². The van der Waals surface area contributed by atoms with E-state index in [9.17, 15) is 0 Å². The van der Waals surface area contributed by atoms with Crippen LogP contribution in [0.15, 0.2) is 10.1 Å². The molecule has 0 saturated heterocycles. The number of rotatable bonds is 10. The lowest BCUT2D eigenvalue weighted by Gasteiger charge is -2.11. The molecule has 0 atom stereocenters. The quantitative estimate of drug-likeness (QED) is 0.181. The van der Waals surface area contributed by atoms with Crippen molar-refractivity contribution in [1.29, 1.82) is 0 Å². The standard InChI is InChI=1S/C16H32N6S.HI/c1-12(2)8-10-19-15(17)18-9-6-7-14-20-21-16(23-5)22(14)11-13(3)4;/h12-13H,6-11H2,1-5H3,(H3,17,18,19);1H. The molecule has 24 heavy (non-hydrogen) atoms. The van der Waals surface area contributed by atoms with Crippen LogP contribution in [0, 0.1) is 11.8 Å². The maximum Gasteiger partial charge on any atom is 0.190 e. The predicted molar refractivity (Wildman–Crippen MR) is 114 cm³/mol. The van der Waals surface area contributed by atoms with E-state index in [4.69, 9.17) is 5.73 Å². The molecule has 0 radical (unpaired) electrons. The van der Waals surface area contributed by atoms with Crippen molar-refractivity contribution in [3.8, 4) is 0 Å². The fourth-order valence-corrected chi connectivity index (χ4v) is 2.71. The number of hydrogen-bond donors (Lipinski definition) is 2. The van der Waals surface area contributed by atoms with Crippen LogP contribution in [-0.4, -0.2) is 40.1 Å². The zero-order chi connectivity index (χ0) is 17.2. The molecular formula is C16H33IN6S. The zero-order valence-electron chi connectivity index (χ0n) is 15.6. The smallest absolute Gasteiger partial charge is 0.190 e. The largest absolute Gasteiger partial charge is 0.370 e. The predicted octanol–water partition coefficient (Wildman–Crippen LogP) is 3.16. The lowest BCUT2D eigenvalue weighted by Crippen LogP contribution is -2.33. The second-order valence-electron chi connectivity index (χ2n) is 6.59. The molecule has 0 aliphatic carbocycles. The highest BCUT2D eigenvalue weighted by molar-refractivity contribution is 14.0. The Labute approximate surface area is 167 Å². The summed E-state index contributed by atoms with van der Waals surface area (Å²) < 4.78 is 2.23. The number of nitrogens with zero attached hydrogens (tertiary/aromatic N) is 4. The number of nitrogens with two attached hydrogens (primary N) is 1. The summed E-state index contributed by atoms with van der Waals surface area (Å²) in [5.74, 6) is 2.84. The number of hydrogen-bond acceptors (Lipinski definition) is 4. The summed E-state index contributed by atoms with van der Waals surface area (Å²) >= 11 is 1.65. The molecule has 1 rings (SSSR count). The minimum absolute atomic E-state index is 0. The molecule has 1 heterocycles. The molecular weight excluding hydrogens is 435 g/mol. The van der Waals surface area contributed by atoms with Gasteiger partial charge in [0.2, 0.25) is 0 Å². The highest BCUT2D eigenvalue weighted by Crippen LogP contribution is 2.16. The van der Waals surface area contributed by atoms with Gasteiger partial charge in [0.15, 0.2) is 11.1 Å². The van der Waals surface area contributed by atoms with Gasteiger partial charge in [-0.05, 0) is 30.9 Å². The van der Waals surface area contributed by atoms with Crippen LogP contribution in [-0.2, 0) is 13.0 Å². The molecule has 0 fully saturated rings. The number of aliphatic imine (C=N–C) groups is 1. The van der Waals surface area contributed by atoms with Gasteiger partial charge in [-0.1, -0.05) is 39.5 Å². The number of guanidine groups is 1. The summed E-state index contributed by atoms with van der Waals surface area (Å²) in [6.45, 7) is 11.4. The van der Waals surface area contributed by atoms with E-state index in [0.717, 1.165) is 43.3 Å². The van der Waals surface area contributed by atoms with E-state index in [1.54, 1.807) is 11.8 Å². The molecule has 140 valence electrons. The van der Waals surface area contributed by atoms with Crippen LogP contribution in [0.5, 0.6) is 0 Å². The van der Waals surface area contributed by atoms with Crippen molar-refractivity contribution in [1.82, 2.24) is 20.1 Å². The topological polar surface area (TPSA) is 81.1 Å². The summed E-state index contributed by atoms with van der Waals surface area (Å²) in [5.41, 5.74) is 5.86. The van der Waals surface area contributed by atoms with E-state index in [1.807, 2.05) is 6.26 Å². The van der Waals surface area contributed by atoms with Crippen LogP contribution < -0.4 is 11.1 Å². The normalized spacial score (nSPS) is 11.9. The Hall–Kier alpha value is -0.510. The average molecular weight is 468 g/mol. The Balaban J connectivity index is 0.00000529. The van der Waals surface area contributed by atoms with Crippen molar-refractivity contribution in [2.75, 3.05) is 19.3 Å². The molecule has 0 aliphatic heterocycles. The van der Waals surface area contributed by atoms with Gasteiger partial charge < -0.3 is 15.6 Å². The molecule has 0 spiro atoms. The molecule has 0 saturated carbocycles. The third-order valence-electron chi connectivity index (χ3n) is 3.39. The Morgan fingerprint density at radius 1 is 1.25 bits per heavy atom. The van der Waals surface area contributed by atoms with Gasteiger partial charge in [-0.2, -0.15) is 0 Å². The highest BCUT2D eigenvalue weighted by Gasteiger charge is 2.12. The Morgan fingerprint density at radius 3 is 2.54 bits per heavy atom. The summed E-state index contributed by atoms with van der Waals surface area (Å²) in [6.07, 6.45) is 4.95. The van der Waals surface area contributed by atoms with Crippen molar-refractivity contribution in [3.05, 3.63) is 5.82 Å². The maximum atomic E-state index is 5.86. The number of aromatic nitrogens is 3. The van der Waals surface area contributed by atoms with Crippen LogP contribution in [0.4, 0.5) is 0 Å². The maximum absolute atomic E-state index is 5.86. The first-order valence-electron chi connectivity index (χ1n) is 8.43. The SMILES string of the molecule is CSc1nnc(CCCN=C(N)NCCC(C)C)n1CC(C)C.I. The number of halogens is 1. The first-order valence-corrected chi connectivity index (χ1v) is 9.66. The van der Waals surface area contributed by atoms with Crippen LogP contribution >= 0.6 is 35.7 Å². The first-order chi connectivity index (χ1) is 10.9. The van der Waals surface area contributed by atoms with E-state index in [0.29, 0.717) is 24.3 Å². The van der Waals surface area contributed by atoms with Crippen molar-refractivity contribution in [2.24, 2.45) is 22.6 Å². The van der Waals surface area contributed by atoms with E-state index < -0.39 is 0 Å². The van der Waals surface area contributed by atoms with Crippen molar-refractivity contribution >= 4 is 41.7 Å². The van der Waals surface area contributed by atoms with Gasteiger partial charge in [-0.3, -0.25) is 4.99 Å². The lowest BCUT2D eigenvalue weighted by atomic mass is 10.1. The molecule has 3 N–H and O–H groups in total. The molecule has 1 aromatic rings. The minimum atomic E-state index is 0. The summed E-state index contributed by atoms with van der Waals surface area (Å²) in [4.78, 5) is 4.37. The number of aryl methyl sites for hydroxylation is 1. The molecule has 0 unspecified atom stereocenters.